The molecule has 0 aliphatic carbocycles. The van der Waals surface area contributed by atoms with E-state index in [0.29, 0.717) is 22.7 Å². The molecule has 0 fully saturated rings. The van der Waals surface area contributed by atoms with Crippen molar-refractivity contribution in [2.45, 2.75) is 31.1 Å². The van der Waals surface area contributed by atoms with Crippen LogP contribution in [0, 0.1) is 0 Å². The van der Waals surface area contributed by atoms with Crippen molar-refractivity contribution in [3.05, 3.63) is 113 Å². The molecule has 2 amide bonds. The lowest BCUT2D eigenvalue weighted by atomic mass is 9.87. The molecular formula is C32H32ClN3O5S. The Kier molecular flexibility index (Phi) is 9.23. The molecule has 4 rings (SSSR count). The summed E-state index contributed by atoms with van der Waals surface area (Å²) in [6.45, 7) is 5.77. The van der Waals surface area contributed by atoms with E-state index >= 15 is 0 Å². The zero-order valence-electron chi connectivity index (χ0n) is 23.7. The van der Waals surface area contributed by atoms with Crippen molar-refractivity contribution in [2.75, 3.05) is 28.6 Å². The fourth-order valence-corrected chi connectivity index (χ4v) is 5.86. The third kappa shape index (κ3) is 7.29. The highest BCUT2D eigenvalue weighted by Gasteiger charge is 2.28. The lowest BCUT2D eigenvalue weighted by Crippen LogP contribution is -2.38. The van der Waals surface area contributed by atoms with Gasteiger partial charge in [0.2, 0.25) is 5.91 Å². The van der Waals surface area contributed by atoms with Crippen LogP contribution in [0.2, 0.25) is 5.02 Å². The SMILES string of the molecule is COc1ccc(N(CC(=O)Nc2cccc(NC(=O)c3ccc(C(C)(C)C)cc3)c2)S(=O)(=O)c2ccccc2)cc1Cl. The van der Waals surface area contributed by atoms with Crippen LogP contribution < -0.4 is 19.7 Å². The standard InChI is InChI=1S/C32H32ClN3O5S/c1-32(2,3)23-15-13-22(14-16-23)31(38)35-25-10-8-9-24(19-25)34-30(37)21-36(26-17-18-29(41-4)28(33)20-26)42(39,40)27-11-6-5-7-12-27/h5-20H,21H2,1-4H3,(H,34,37)(H,35,38). The maximum Gasteiger partial charge on any atom is 0.264 e. The molecule has 0 aliphatic heterocycles. The minimum atomic E-state index is -4.13. The van der Waals surface area contributed by atoms with E-state index in [2.05, 4.69) is 31.4 Å². The summed E-state index contributed by atoms with van der Waals surface area (Å²) in [5.74, 6) is -0.524. The van der Waals surface area contributed by atoms with Crippen molar-refractivity contribution in [1.82, 2.24) is 0 Å². The van der Waals surface area contributed by atoms with Gasteiger partial charge in [-0.05, 0) is 71.6 Å². The molecule has 0 bridgehead atoms. The lowest BCUT2D eigenvalue weighted by molar-refractivity contribution is -0.114. The van der Waals surface area contributed by atoms with E-state index < -0.39 is 22.5 Å². The average Bonchev–Trinajstić information content (AvgIpc) is 2.96. The summed E-state index contributed by atoms with van der Waals surface area (Å²) in [5, 5.41) is 5.76. The number of rotatable bonds is 9. The number of carbonyl (C=O) groups excluding carboxylic acids is 2. The van der Waals surface area contributed by atoms with Gasteiger partial charge >= 0.3 is 0 Å². The molecule has 0 aliphatic rings. The fourth-order valence-electron chi connectivity index (χ4n) is 4.18. The van der Waals surface area contributed by atoms with Gasteiger partial charge < -0.3 is 15.4 Å². The zero-order valence-corrected chi connectivity index (χ0v) is 25.3. The first-order valence-corrected chi connectivity index (χ1v) is 14.9. The maximum absolute atomic E-state index is 13.6. The Morgan fingerprint density at radius 2 is 1.48 bits per heavy atom. The molecule has 218 valence electrons. The quantitative estimate of drug-likeness (QED) is 0.220. The van der Waals surface area contributed by atoms with Gasteiger partial charge in [-0.2, -0.15) is 0 Å². The van der Waals surface area contributed by atoms with Crippen molar-refractivity contribution in [3.63, 3.8) is 0 Å². The second-order valence-electron chi connectivity index (χ2n) is 10.6. The van der Waals surface area contributed by atoms with Crippen LogP contribution in [-0.2, 0) is 20.2 Å². The third-order valence-electron chi connectivity index (χ3n) is 6.46. The van der Waals surface area contributed by atoms with Crippen LogP contribution >= 0.6 is 11.6 Å². The van der Waals surface area contributed by atoms with Crippen LogP contribution in [0.15, 0.2) is 102 Å². The highest BCUT2D eigenvalue weighted by Crippen LogP contribution is 2.32. The van der Waals surface area contributed by atoms with Crippen molar-refractivity contribution < 1.29 is 22.7 Å². The predicted molar refractivity (Wildman–Crippen MR) is 167 cm³/mol. The van der Waals surface area contributed by atoms with Gasteiger partial charge in [-0.15, -0.1) is 0 Å². The summed E-state index contributed by atoms with van der Waals surface area (Å²) >= 11 is 6.29. The van der Waals surface area contributed by atoms with Crippen LogP contribution in [0.1, 0.15) is 36.7 Å². The normalized spacial score (nSPS) is 11.5. The molecule has 2 N–H and O–H groups in total. The number of carbonyl (C=O) groups is 2. The molecule has 10 heteroatoms. The van der Waals surface area contributed by atoms with Gasteiger partial charge in [0.15, 0.2) is 0 Å². The van der Waals surface area contributed by atoms with Crippen LogP contribution in [-0.4, -0.2) is 33.9 Å². The summed E-state index contributed by atoms with van der Waals surface area (Å²) in [6, 6.07) is 26.3. The maximum atomic E-state index is 13.6. The Bertz CT molecular complexity index is 1690. The largest absolute Gasteiger partial charge is 0.495 e. The van der Waals surface area contributed by atoms with E-state index in [1.807, 2.05) is 12.1 Å². The number of anilines is 3. The number of nitrogens with zero attached hydrogens (tertiary/aromatic N) is 1. The fraction of sp³-hybridized carbons (Fsp3) is 0.188. The molecule has 0 aromatic heterocycles. The van der Waals surface area contributed by atoms with Gasteiger partial charge in [-0.25, -0.2) is 8.42 Å². The van der Waals surface area contributed by atoms with E-state index in [0.717, 1.165) is 9.87 Å². The van der Waals surface area contributed by atoms with Crippen LogP contribution in [0.5, 0.6) is 5.75 Å². The summed E-state index contributed by atoms with van der Waals surface area (Å²) < 4.78 is 33.4. The van der Waals surface area contributed by atoms with Gasteiger partial charge in [0, 0.05) is 16.9 Å². The molecular weight excluding hydrogens is 574 g/mol. The lowest BCUT2D eigenvalue weighted by Gasteiger charge is -2.24. The van der Waals surface area contributed by atoms with Crippen molar-refractivity contribution in [3.8, 4) is 5.75 Å². The minimum absolute atomic E-state index is 0.0185. The number of halogens is 1. The summed E-state index contributed by atoms with van der Waals surface area (Å²) in [4.78, 5) is 26.0. The molecule has 0 spiro atoms. The first kappa shape index (κ1) is 30.6. The van der Waals surface area contributed by atoms with Gasteiger partial charge in [0.25, 0.3) is 15.9 Å². The van der Waals surface area contributed by atoms with Gasteiger partial charge in [0.1, 0.15) is 12.3 Å². The number of nitrogens with one attached hydrogen (secondary N) is 2. The topological polar surface area (TPSA) is 105 Å². The molecule has 0 saturated heterocycles. The predicted octanol–water partition coefficient (Wildman–Crippen LogP) is 6.73. The molecule has 4 aromatic rings. The highest BCUT2D eigenvalue weighted by molar-refractivity contribution is 7.92. The number of benzene rings is 4. The van der Waals surface area contributed by atoms with Crippen molar-refractivity contribution in [2.24, 2.45) is 0 Å². The smallest absolute Gasteiger partial charge is 0.264 e. The Labute approximate surface area is 251 Å². The number of ether oxygens (including phenoxy) is 1. The molecule has 8 nitrogen and oxygen atoms in total. The minimum Gasteiger partial charge on any atom is -0.495 e. The molecule has 42 heavy (non-hydrogen) atoms. The molecule has 0 heterocycles. The first-order chi connectivity index (χ1) is 19.9. The third-order valence-corrected chi connectivity index (χ3v) is 8.54. The number of hydrogen-bond acceptors (Lipinski definition) is 5. The number of hydrogen-bond donors (Lipinski definition) is 2. The number of sulfonamides is 1. The van der Waals surface area contributed by atoms with E-state index in [1.54, 1.807) is 54.6 Å². The van der Waals surface area contributed by atoms with Crippen LogP contribution in [0.3, 0.4) is 0 Å². The Hall–Kier alpha value is -4.34. The Morgan fingerprint density at radius 1 is 0.833 bits per heavy atom. The van der Waals surface area contributed by atoms with E-state index in [9.17, 15) is 18.0 Å². The Morgan fingerprint density at radius 3 is 2.07 bits per heavy atom. The van der Waals surface area contributed by atoms with Crippen molar-refractivity contribution >= 4 is 50.5 Å². The second kappa shape index (κ2) is 12.7. The molecule has 0 saturated carbocycles. The van der Waals surface area contributed by atoms with Gasteiger partial charge in [0.05, 0.1) is 22.7 Å². The summed E-state index contributed by atoms with van der Waals surface area (Å²) in [5.41, 5.74) is 2.62. The summed E-state index contributed by atoms with van der Waals surface area (Å²) in [7, 11) is -2.68. The summed E-state index contributed by atoms with van der Waals surface area (Å²) in [6.07, 6.45) is 0. The van der Waals surface area contributed by atoms with Gasteiger partial charge in [-0.3, -0.25) is 13.9 Å². The molecule has 4 aromatic carbocycles. The van der Waals surface area contributed by atoms with Crippen molar-refractivity contribution in [1.29, 1.82) is 0 Å². The first-order valence-electron chi connectivity index (χ1n) is 13.1. The van der Waals surface area contributed by atoms with E-state index in [4.69, 9.17) is 16.3 Å². The number of methoxy groups -OCH3 is 1. The molecule has 0 atom stereocenters. The number of amides is 2. The van der Waals surface area contributed by atoms with Crippen LogP contribution in [0.4, 0.5) is 17.1 Å². The zero-order chi connectivity index (χ0) is 30.5. The second-order valence-corrected chi connectivity index (χ2v) is 12.8. The van der Waals surface area contributed by atoms with Gasteiger partial charge in [-0.1, -0.05) is 68.8 Å². The van der Waals surface area contributed by atoms with E-state index in [-0.39, 0.29) is 26.9 Å². The monoisotopic (exact) mass is 605 g/mol. The highest BCUT2D eigenvalue weighted by atomic mass is 35.5. The van der Waals surface area contributed by atoms with Crippen LogP contribution in [0.25, 0.3) is 0 Å². The Balaban J connectivity index is 1.53. The molecule has 0 radical (unpaired) electrons. The molecule has 0 unspecified atom stereocenters. The average molecular weight is 606 g/mol. The van der Waals surface area contributed by atoms with E-state index in [1.165, 1.54) is 37.4 Å².